The lowest BCUT2D eigenvalue weighted by Gasteiger charge is -2.05. The minimum absolute atomic E-state index is 0.0535. The molecule has 1 N–H and O–H groups in total. The molecular formula is C16H16O. The highest BCUT2D eigenvalue weighted by Gasteiger charge is 2.00. The van der Waals surface area contributed by atoms with Crippen molar-refractivity contribution >= 4 is 11.6 Å². The van der Waals surface area contributed by atoms with Gasteiger partial charge in [-0.2, -0.15) is 0 Å². The van der Waals surface area contributed by atoms with E-state index in [2.05, 4.69) is 19.1 Å². The van der Waals surface area contributed by atoms with E-state index in [1.165, 1.54) is 5.56 Å². The van der Waals surface area contributed by atoms with E-state index in [1.807, 2.05) is 48.5 Å². The van der Waals surface area contributed by atoms with Gasteiger partial charge in [0, 0.05) is 0 Å². The Hall–Kier alpha value is -1.86. The molecule has 0 unspecified atom stereocenters. The summed E-state index contributed by atoms with van der Waals surface area (Å²) in [7, 11) is 0. The van der Waals surface area contributed by atoms with Crippen LogP contribution in [-0.2, 0) is 0 Å². The Morgan fingerprint density at radius 1 is 1.00 bits per heavy atom. The first-order valence-corrected chi connectivity index (χ1v) is 5.73. The Morgan fingerprint density at radius 2 is 1.65 bits per heavy atom. The summed E-state index contributed by atoms with van der Waals surface area (Å²) in [6.07, 6.45) is 2.02. The van der Waals surface area contributed by atoms with Crippen LogP contribution in [0, 0.1) is 6.92 Å². The maximum atomic E-state index is 9.44. The normalized spacial score (nSPS) is 11.5. The molecule has 0 amide bonds. The number of benzene rings is 2. The van der Waals surface area contributed by atoms with Crippen LogP contribution in [0.15, 0.2) is 54.6 Å². The van der Waals surface area contributed by atoms with Crippen LogP contribution in [0.5, 0.6) is 0 Å². The average molecular weight is 224 g/mol. The van der Waals surface area contributed by atoms with Gasteiger partial charge in [0.1, 0.15) is 0 Å². The maximum absolute atomic E-state index is 9.44. The molecule has 0 aromatic heterocycles. The van der Waals surface area contributed by atoms with E-state index in [1.54, 1.807) is 0 Å². The van der Waals surface area contributed by atoms with Crippen molar-refractivity contribution in [2.45, 2.75) is 6.92 Å². The second-order valence-electron chi connectivity index (χ2n) is 4.10. The van der Waals surface area contributed by atoms with Crippen LogP contribution in [0.3, 0.4) is 0 Å². The van der Waals surface area contributed by atoms with Gasteiger partial charge in [-0.15, -0.1) is 0 Å². The zero-order chi connectivity index (χ0) is 12.1. The van der Waals surface area contributed by atoms with Crippen LogP contribution < -0.4 is 0 Å². The zero-order valence-electron chi connectivity index (χ0n) is 9.93. The van der Waals surface area contributed by atoms with Gasteiger partial charge in [-0.05, 0) is 29.7 Å². The molecule has 17 heavy (non-hydrogen) atoms. The van der Waals surface area contributed by atoms with Crippen LogP contribution in [0.4, 0.5) is 0 Å². The highest BCUT2D eigenvalue weighted by molar-refractivity contribution is 5.81. The van der Waals surface area contributed by atoms with Crippen molar-refractivity contribution in [1.29, 1.82) is 0 Å². The summed E-state index contributed by atoms with van der Waals surface area (Å²) in [5.41, 5.74) is 4.35. The van der Waals surface area contributed by atoms with E-state index in [9.17, 15) is 5.11 Å². The van der Waals surface area contributed by atoms with Crippen LogP contribution in [0.2, 0.25) is 0 Å². The number of hydrogen-bond donors (Lipinski definition) is 1. The second-order valence-corrected chi connectivity index (χ2v) is 4.10. The molecule has 2 rings (SSSR count). The van der Waals surface area contributed by atoms with E-state index in [4.69, 9.17) is 0 Å². The van der Waals surface area contributed by atoms with Crippen molar-refractivity contribution < 1.29 is 5.11 Å². The Morgan fingerprint density at radius 3 is 2.24 bits per heavy atom. The van der Waals surface area contributed by atoms with Crippen LogP contribution in [-0.4, -0.2) is 11.7 Å². The van der Waals surface area contributed by atoms with Gasteiger partial charge in [0.15, 0.2) is 0 Å². The third-order valence-corrected chi connectivity index (χ3v) is 2.73. The molecule has 0 fully saturated rings. The first-order chi connectivity index (χ1) is 8.29. The van der Waals surface area contributed by atoms with Gasteiger partial charge in [0.25, 0.3) is 0 Å². The van der Waals surface area contributed by atoms with Crippen LogP contribution in [0.1, 0.15) is 16.7 Å². The van der Waals surface area contributed by atoms with Crippen molar-refractivity contribution in [2.75, 3.05) is 6.61 Å². The lowest BCUT2D eigenvalue weighted by molar-refractivity contribution is 0.351. The van der Waals surface area contributed by atoms with E-state index >= 15 is 0 Å². The standard InChI is InChI=1S/C16H16O/c1-13-7-9-15(10-8-13)16(12-17)11-14-5-3-2-4-6-14/h2-11,17H,12H2,1H3/b16-11+. The molecule has 1 nitrogen and oxygen atoms in total. The van der Waals surface area contributed by atoms with Gasteiger partial charge >= 0.3 is 0 Å². The van der Waals surface area contributed by atoms with E-state index < -0.39 is 0 Å². The van der Waals surface area contributed by atoms with Gasteiger partial charge in [-0.3, -0.25) is 0 Å². The average Bonchev–Trinajstić information content (AvgIpc) is 2.38. The SMILES string of the molecule is Cc1ccc(/C(=C/c2ccccc2)CO)cc1. The molecule has 0 aliphatic carbocycles. The van der Waals surface area contributed by atoms with Crippen molar-refractivity contribution in [2.24, 2.45) is 0 Å². The smallest absolute Gasteiger partial charge is 0.0687 e. The number of aliphatic hydroxyl groups is 1. The van der Waals surface area contributed by atoms with E-state index in [0.29, 0.717) is 0 Å². The molecule has 86 valence electrons. The first-order valence-electron chi connectivity index (χ1n) is 5.73. The van der Waals surface area contributed by atoms with Gasteiger partial charge in [-0.25, -0.2) is 0 Å². The summed E-state index contributed by atoms with van der Waals surface area (Å²) < 4.78 is 0. The van der Waals surface area contributed by atoms with Gasteiger partial charge in [-0.1, -0.05) is 60.2 Å². The first kappa shape index (κ1) is 11.6. The maximum Gasteiger partial charge on any atom is 0.0687 e. The molecule has 0 bridgehead atoms. The molecule has 0 aliphatic heterocycles. The molecule has 2 aromatic carbocycles. The molecule has 2 aromatic rings. The third kappa shape index (κ3) is 3.05. The summed E-state index contributed by atoms with van der Waals surface area (Å²) in [6, 6.07) is 18.2. The van der Waals surface area contributed by atoms with Gasteiger partial charge in [0.2, 0.25) is 0 Å². The topological polar surface area (TPSA) is 20.2 Å². The fourth-order valence-electron chi connectivity index (χ4n) is 1.74. The quantitative estimate of drug-likeness (QED) is 0.791. The Kier molecular flexibility index (Phi) is 3.73. The number of hydrogen-bond acceptors (Lipinski definition) is 1. The zero-order valence-corrected chi connectivity index (χ0v) is 9.93. The number of aryl methyl sites for hydroxylation is 1. The molecule has 1 heteroatoms. The molecule has 0 aliphatic rings. The lowest BCUT2D eigenvalue weighted by Crippen LogP contribution is -1.90. The minimum atomic E-state index is 0.0535. The summed E-state index contributed by atoms with van der Waals surface area (Å²) >= 11 is 0. The largest absolute Gasteiger partial charge is 0.392 e. The predicted molar refractivity (Wildman–Crippen MR) is 72.6 cm³/mol. The Bertz CT molecular complexity index is 495. The predicted octanol–water partition coefficient (Wildman–Crippen LogP) is 3.53. The van der Waals surface area contributed by atoms with Gasteiger partial charge in [0.05, 0.1) is 6.61 Å². The van der Waals surface area contributed by atoms with Crippen LogP contribution in [0.25, 0.3) is 11.6 Å². The monoisotopic (exact) mass is 224 g/mol. The van der Waals surface area contributed by atoms with Crippen molar-refractivity contribution in [1.82, 2.24) is 0 Å². The summed E-state index contributed by atoms with van der Waals surface area (Å²) in [5, 5.41) is 9.44. The fraction of sp³-hybridized carbons (Fsp3) is 0.125. The molecule has 0 saturated carbocycles. The van der Waals surface area contributed by atoms with Crippen molar-refractivity contribution in [3.05, 3.63) is 71.3 Å². The lowest BCUT2D eigenvalue weighted by atomic mass is 10.0. The summed E-state index contributed by atoms with van der Waals surface area (Å²) in [4.78, 5) is 0. The van der Waals surface area contributed by atoms with E-state index in [-0.39, 0.29) is 6.61 Å². The van der Waals surface area contributed by atoms with Crippen molar-refractivity contribution in [3.8, 4) is 0 Å². The Balaban J connectivity index is 2.34. The number of aliphatic hydroxyl groups excluding tert-OH is 1. The van der Waals surface area contributed by atoms with Crippen LogP contribution >= 0.6 is 0 Å². The molecule has 0 atom stereocenters. The fourth-order valence-corrected chi connectivity index (χ4v) is 1.74. The molecular weight excluding hydrogens is 208 g/mol. The number of rotatable bonds is 3. The second kappa shape index (κ2) is 5.46. The summed E-state index contributed by atoms with van der Waals surface area (Å²) in [5.74, 6) is 0. The summed E-state index contributed by atoms with van der Waals surface area (Å²) in [6.45, 7) is 2.11. The highest BCUT2D eigenvalue weighted by atomic mass is 16.3. The molecule has 0 spiro atoms. The Labute approximate surface area is 102 Å². The molecule has 0 radical (unpaired) electrons. The molecule has 0 heterocycles. The highest BCUT2D eigenvalue weighted by Crippen LogP contribution is 2.18. The van der Waals surface area contributed by atoms with E-state index in [0.717, 1.165) is 16.7 Å². The van der Waals surface area contributed by atoms with Gasteiger partial charge < -0.3 is 5.11 Å². The minimum Gasteiger partial charge on any atom is -0.392 e. The molecule has 0 saturated heterocycles. The third-order valence-electron chi connectivity index (χ3n) is 2.73. The van der Waals surface area contributed by atoms with Crippen molar-refractivity contribution in [3.63, 3.8) is 0 Å².